The number of carbonyl (C=O) groups excluding carboxylic acids is 3. The van der Waals surface area contributed by atoms with E-state index in [1.165, 1.54) is 12.3 Å². The Balaban J connectivity index is 1.68. The maximum atomic E-state index is 12.6. The summed E-state index contributed by atoms with van der Waals surface area (Å²) < 4.78 is 0. The van der Waals surface area contributed by atoms with E-state index >= 15 is 0 Å². The second-order valence-corrected chi connectivity index (χ2v) is 6.04. The minimum atomic E-state index is -1.07. The minimum absolute atomic E-state index is 0.126. The number of nitrogens with one attached hydrogen (secondary N) is 2. The quantitative estimate of drug-likeness (QED) is 0.811. The van der Waals surface area contributed by atoms with E-state index in [2.05, 4.69) is 15.7 Å². The number of amides is 4. The number of pyridine rings is 1. The molecule has 7 nitrogen and oxygen atoms in total. The van der Waals surface area contributed by atoms with Crippen LogP contribution in [0.25, 0.3) is 0 Å². The highest BCUT2D eigenvalue weighted by atomic mass is 16.2. The minimum Gasteiger partial charge on any atom is -0.322 e. The maximum absolute atomic E-state index is 12.6. The van der Waals surface area contributed by atoms with Crippen molar-refractivity contribution in [3.8, 4) is 0 Å². The third-order valence-corrected chi connectivity index (χ3v) is 4.13. The number of hydrogen-bond donors (Lipinski definition) is 2. The largest absolute Gasteiger partial charge is 0.344 e. The monoisotopic (exact) mass is 338 g/mol. The van der Waals surface area contributed by atoms with Gasteiger partial charge in [0, 0.05) is 6.20 Å². The van der Waals surface area contributed by atoms with Crippen molar-refractivity contribution in [1.82, 2.24) is 20.7 Å². The number of aromatic nitrogens is 1. The Hall–Kier alpha value is -3.22. The van der Waals surface area contributed by atoms with Gasteiger partial charge in [0.2, 0.25) is 0 Å². The molecule has 1 aromatic carbocycles. The van der Waals surface area contributed by atoms with Gasteiger partial charge in [0.15, 0.2) is 0 Å². The van der Waals surface area contributed by atoms with Crippen molar-refractivity contribution < 1.29 is 14.4 Å². The van der Waals surface area contributed by atoms with Crippen LogP contribution in [0.1, 0.15) is 29.4 Å². The first kappa shape index (κ1) is 16.6. The molecule has 0 saturated carbocycles. The summed E-state index contributed by atoms with van der Waals surface area (Å²) in [7, 11) is 0. The number of imide groups is 1. The van der Waals surface area contributed by atoms with Gasteiger partial charge in [-0.05, 0) is 37.5 Å². The molecule has 2 heterocycles. The summed E-state index contributed by atoms with van der Waals surface area (Å²) in [5.74, 6) is -1.10. The SMILES string of the molecule is C[C@@]1(CCc2ccccc2)NC(=O)N(NC(=O)c2ccccn2)C1=O. The molecule has 0 aliphatic carbocycles. The summed E-state index contributed by atoms with van der Waals surface area (Å²) in [4.78, 5) is 40.8. The molecular formula is C18H18N4O3. The summed E-state index contributed by atoms with van der Waals surface area (Å²) in [5.41, 5.74) is 2.45. The van der Waals surface area contributed by atoms with E-state index in [1.807, 2.05) is 30.3 Å². The van der Waals surface area contributed by atoms with Crippen molar-refractivity contribution in [3.05, 3.63) is 66.0 Å². The van der Waals surface area contributed by atoms with E-state index in [4.69, 9.17) is 0 Å². The van der Waals surface area contributed by atoms with Crippen LogP contribution in [0, 0.1) is 0 Å². The first-order valence-corrected chi connectivity index (χ1v) is 7.92. The van der Waals surface area contributed by atoms with Gasteiger partial charge in [-0.1, -0.05) is 36.4 Å². The van der Waals surface area contributed by atoms with Crippen molar-refractivity contribution in [1.29, 1.82) is 0 Å². The van der Waals surface area contributed by atoms with Crippen LogP contribution in [0.2, 0.25) is 0 Å². The smallest absolute Gasteiger partial charge is 0.322 e. The van der Waals surface area contributed by atoms with Gasteiger partial charge in [-0.15, -0.1) is 0 Å². The van der Waals surface area contributed by atoms with Crippen LogP contribution in [-0.4, -0.2) is 33.4 Å². The molecule has 1 aliphatic heterocycles. The number of rotatable bonds is 5. The number of benzene rings is 1. The Morgan fingerprint density at radius 1 is 1.16 bits per heavy atom. The number of hydrazine groups is 1. The molecule has 0 spiro atoms. The Kier molecular flexibility index (Phi) is 4.47. The fourth-order valence-electron chi connectivity index (χ4n) is 2.65. The summed E-state index contributed by atoms with van der Waals surface area (Å²) in [5, 5.41) is 3.38. The number of hydrogen-bond acceptors (Lipinski definition) is 4. The van der Waals surface area contributed by atoms with Crippen molar-refractivity contribution >= 4 is 17.8 Å². The molecule has 25 heavy (non-hydrogen) atoms. The number of carbonyl (C=O) groups is 3. The zero-order chi connectivity index (χ0) is 17.9. The molecule has 1 atom stereocenters. The van der Waals surface area contributed by atoms with Crippen LogP contribution >= 0.6 is 0 Å². The van der Waals surface area contributed by atoms with Gasteiger partial charge in [-0.25, -0.2) is 4.79 Å². The van der Waals surface area contributed by atoms with Crippen LogP contribution in [0.15, 0.2) is 54.7 Å². The van der Waals surface area contributed by atoms with Crippen LogP contribution in [-0.2, 0) is 11.2 Å². The summed E-state index contributed by atoms with van der Waals surface area (Å²) in [6, 6.07) is 13.9. The van der Waals surface area contributed by atoms with Crippen molar-refractivity contribution in [2.75, 3.05) is 0 Å². The number of urea groups is 1. The van der Waals surface area contributed by atoms with E-state index < -0.39 is 23.4 Å². The Bertz CT molecular complexity index is 794. The molecule has 2 N–H and O–H groups in total. The van der Waals surface area contributed by atoms with Crippen LogP contribution in [0.4, 0.5) is 4.79 Å². The predicted octanol–water partition coefficient (Wildman–Crippen LogP) is 1.67. The Morgan fingerprint density at radius 2 is 1.88 bits per heavy atom. The highest BCUT2D eigenvalue weighted by Gasteiger charge is 2.48. The van der Waals surface area contributed by atoms with Gasteiger partial charge in [-0.2, -0.15) is 5.01 Å². The molecule has 1 saturated heterocycles. The predicted molar refractivity (Wildman–Crippen MR) is 90.2 cm³/mol. The second kappa shape index (κ2) is 6.72. The third kappa shape index (κ3) is 3.50. The van der Waals surface area contributed by atoms with E-state index in [0.717, 1.165) is 10.6 Å². The zero-order valence-corrected chi connectivity index (χ0v) is 13.7. The molecule has 0 radical (unpaired) electrons. The van der Waals surface area contributed by atoms with E-state index in [0.29, 0.717) is 12.8 Å². The Morgan fingerprint density at radius 3 is 2.56 bits per heavy atom. The summed E-state index contributed by atoms with van der Waals surface area (Å²) in [6.07, 6.45) is 2.52. The van der Waals surface area contributed by atoms with Gasteiger partial charge in [0.05, 0.1) is 0 Å². The average Bonchev–Trinajstić information content (AvgIpc) is 2.85. The topological polar surface area (TPSA) is 91.4 Å². The lowest BCUT2D eigenvalue weighted by Crippen LogP contribution is -2.49. The fraction of sp³-hybridized carbons (Fsp3) is 0.222. The van der Waals surface area contributed by atoms with Crippen molar-refractivity contribution in [3.63, 3.8) is 0 Å². The first-order valence-electron chi connectivity index (χ1n) is 7.92. The van der Waals surface area contributed by atoms with Crippen LogP contribution in [0.5, 0.6) is 0 Å². The summed E-state index contributed by atoms with van der Waals surface area (Å²) >= 11 is 0. The molecule has 1 aromatic heterocycles. The highest BCUT2D eigenvalue weighted by Crippen LogP contribution is 2.22. The number of aryl methyl sites for hydroxylation is 1. The molecule has 3 rings (SSSR count). The molecule has 0 bridgehead atoms. The lowest BCUT2D eigenvalue weighted by atomic mass is 9.93. The van der Waals surface area contributed by atoms with Gasteiger partial charge in [0.1, 0.15) is 11.2 Å². The molecule has 0 unspecified atom stereocenters. The van der Waals surface area contributed by atoms with Crippen molar-refractivity contribution in [2.45, 2.75) is 25.3 Å². The molecule has 1 fully saturated rings. The fourth-order valence-corrected chi connectivity index (χ4v) is 2.65. The van der Waals surface area contributed by atoms with Gasteiger partial charge in [0.25, 0.3) is 11.8 Å². The maximum Gasteiger partial charge on any atom is 0.344 e. The van der Waals surface area contributed by atoms with E-state index in [9.17, 15) is 14.4 Å². The Labute approximate surface area is 145 Å². The number of nitrogens with zero attached hydrogens (tertiary/aromatic N) is 2. The summed E-state index contributed by atoms with van der Waals surface area (Å²) in [6.45, 7) is 1.66. The molecular weight excluding hydrogens is 320 g/mol. The van der Waals surface area contributed by atoms with E-state index in [1.54, 1.807) is 19.1 Å². The average molecular weight is 338 g/mol. The molecule has 1 aliphatic rings. The third-order valence-electron chi connectivity index (χ3n) is 4.13. The highest BCUT2D eigenvalue weighted by molar-refractivity contribution is 6.08. The van der Waals surface area contributed by atoms with Crippen LogP contribution < -0.4 is 10.7 Å². The standard InChI is InChI=1S/C18H18N4O3/c1-18(11-10-13-7-3-2-4-8-13)16(24)22(17(25)20-18)21-15(23)14-9-5-6-12-19-14/h2-9,12H,10-11H2,1H3,(H,20,25)(H,21,23)/t18-/m0/s1. The second-order valence-electron chi connectivity index (χ2n) is 6.04. The molecule has 4 amide bonds. The van der Waals surface area contributed by atoms with Crippen molar-refractivity contribution in [2.24, 2.45) is 0 Å². The normalized spacial score (nSPS) is 19.6. The lowest BCUT2D eigenvalue weighted by molar-refractivity contribution is -0.132. The van der Waals surface area contributed by atoms with Crippen LogP contribution in [0.3, 0.4) is 0 Å². The molecule has 2 aromatic rings. The lowest BCUT2D eigenvalue weighted by Gasteiger charge is -2.21. The molecule has 128 valence electrons. The first-order chi connectivity index (χ1) is 12.0. The van der Waals surface area contributed by atoms with E-state index in [-0.39, 0.29) is 5.69 Å². The van der Waals surface area contributed by atoms with Gasteiger partial charge >= 0.3 is 6.03 Å². The zero-order valence-electron chi connectivity index (χ0n) is 13.7. The van der Waals surface area contributed by atoms with Gasteiger partial charge in [-0.3, -0.25) is 20.0 Å². The molecule has 7 heteroatoms. The van der Waals surface area contributed by atoms with Gasteiger partial charge < -0.3 is 5.32 Å².